The molecule has 2 N–H and O–H groups in total. The lowest BCUT2D eigenvalue weighted by Gasteiger charge is -2.30. The van der Waals surface area contributed by atoms with Gasteiger partial charge in [-0.05, 0) is 37.6 Å². The molecule has 0 spiro atoms. The fraction of sp³-hybridized carbons (Fsp3) is 0.583. The van der Waals surface area contributed by atoms with Crippen LogP contribution in [-0.2, 0) is 6.54 Å². The van der Waals surface area contributed by atoms with Crippen molar-refractivity contribution in [3.05, 3.63) is 23.9 Å². The molecule has 0 bridgehead atoms. The Morgan fingerprint density at radius 1 is 1.50 bits per heavy atom. The quantitative estimate of drug-likeness (QED) is 0.827. The Morgan fingerprint density at radius 2 is 2.25 bits per heavy atom. The number of pyridine rings is 1. The Balaban J connectivity index is 1.93. The molecule has 0 saturated carbocycles. The molecule has 1 aliphatic rings. The number of likely N-dealkylation sites (tertiary alicyclic amines) is 1. The highest BCUT2D eigenvalue weighted by molar-refractivity contribution is 5.20. The van der Waals surface area contributed by atoms with Crippen LogP contribution in [0.1, 0.15) is 18.4 Å². The van der Waals surface area contributed by atoms with E-state index in [0.717, 1.165) is 32.5 Å². The lowest BCUT2D eigenvalue weighted by atomic mass is 10.1. The van der Waals surface area contributed by atoms with Crippen LogP contribution in [0.4, 0.5) is 0 Å². The molecule has 2 heterocycles. The van der Waals surface area contributed by atoms with Gasteiger partial charge in [0.05, 0.1) is 7.11 Å². The minimum Gasteiger partial charge on any atom is -0.481 e. The second kappa shape index (κ2) is 5.27. The predicted molar refractivity (Wildman–Crippen MR) is 63.3 cm³/mol. The number of hydrogen-bond acceptors (Lipinski definition) is 4. The van der Waals surface area contributed by atoms with Crippen LogP contribution in [-0.4, -0.2) is 36.1 Å². The second-order valence-corrected chi connectivity index (χ2v) is 4.32. The Kier molecular flexibility index (Phi) is 3.74. The van der Waals surface area contributed by atoms with Gasteiger partial charge in [-0.15, -0.1) is 0 Å². The molecule has 0 atom stereocenters. The lowest BCUT2D eigenvalue weighted by molar-refractivity contribution is 0.205. The first-order chi connectivity index (χ1) is 7.78. The second-order valence-electron chi connectivity index (χ2n) is 4.32. The number of nitrogens with two attached hydrogens (primary N) is 1. The Bertz CT molecular complexity index is 335. The molecular weight excluding hydrogens is 202 g/mol. The zero-order chi connectivity index (χ0) is 11.4. The minimum absolute atomic E-state index is 0.392. The average molecular weight is 221 g/mol. The Hall–Kier alpha value is -1.13. The molecule has 0 unspecified atom stereocenters. The largest absolute Gasteiger partial charge is 0.481 e. The van der Waals surface area contributed by atoms with Crippen molar-refractivity contribution in [2.24, 2.45) is 5.73 Å². The summed E-state index contributed by atoms with van der Waals surface area (Å²) < 4.78 is 5.11. The van der Waals surface area contributed by atoms with Crippen molar-refractivity contribution in [2.45, 2.75) is 25.4 Å². The first-order valence-electron chi connectivity index (χ1n) is 5.75. The van der Waals surface area contributed by atoms with Crippen LogP contribution in [0.15, 0.2) is 18.3 Å². The number of aromatic nitrogens is 1. The molecule has 4 heteroatoms. The van der Waals surface area contributed by atoms with Crippen molar-refractivity contribution in [1.82, 2.24) is 9.88 Å². The number of nitrogens with zero attached hydrogens (tertiary/aromatic N) is 2. The van der Waals surface area contributed by atoms with E-state index in [4.69, 9.17) is 10.5 Å². The molecule has 1 aromatic rings. The number of rotatable bonds is 3. The van der Waals surface area contributed by atoms with Gasteiger partial charge in [-0.25, -0.2) is 4.98 Å². The van der Waals surface area contributed by atoms with Crippen LogP contribution >= 0.6 is 0 Å². The summed E-state index contributed by atoms with van der Waals surface area (Å²) in [7, 11) is 1.64. The molecule has 16 heavy (non-hydrogen) atoms. The summed E-state index contributed by atoms with van der Waals surface area (Å²) >= 11 is 0. The van der Waals surface area contributed by atoms with Crippen LogP contribution in [0, 0.1) is 0 Å². The normalized spacial score (nSPS) is 18.6. The highest BCUT2D eigenvalue weighted by atomic mass is 16.5. The third kappa shape index (κ3) is 2.93. The molecule has 0 amide bonds. The third-order valence-electron chi connectivity index (χ3n) is 3.05. The molecule has 1 fully saturated rings. The standard InChI is InChI=1S/C12H19N3O/c1-16-12-8-10(2-5-14-12)9-15-6-3-11(13)4-7-15/h2,5,8,11H,3-4,6-7,9,13H2,1H3. The van der Waals surface area contributed by atoms with Gasteiger partial charge in [0.15, 0.2) is 0 Å². The number of methoxy groups -OCH3 is 1. The predicted octanol–water partition coefficient (Wildman–Crippen LogP) is 1.01. The van der Waals surface area contributed by atoms with E-state index >= 15 is 0 Å². The first kappa shape index (κ1) is 11.4. The van der Waals surface area contributed by atoms with Gasteiger partial charge in [0.2, 0.25) is 5.88 Å². The highest BCUT2D eigenvalue weighted by Gasteiger charge is 2.15. The maximum atomic E-state index is 5.88. The molecule has 0 aromatic carbocycles. The zero-order valence-electron chi connectivity index (χ0n) is 9.72. The van der Waals surface area contributed by atoms with Crippen molar-refractivity contribution in [3.8, 4) is 5.88 Å². The van der Waals surface area contributed by atoms with Crippen molar-refractivity contribution in [3.63, 3.8) is 0 Å². The van der Waals surface area contributed by atoms with Crippen molar-refractivity contribution >= 4 is 0 Å². The average Bonchev–Trinajstić information content (AvgIpc) is 2.32. The van der Waals surface area contributed by atoms with Crippen LogP contribution in [0.2, 0.25) is 0 Å². The summed E-state index contributed by atoms with van der Waals surface area (Å²) in [4.78, 5) is 6.53. The lowest BCUT2D eigenvalue weighted by Crippen LogP contribution is -2.39. The molecule has 0 radical (unpaired) electrons. The van der Waals surface area contributed by atoms with Crippen LogP contribution < -0.4 is 10.5 Å². The summed E-state index contributed by atoms with van der Waals surface area (Å²) in [5.41, 5.74) is 7.13. The van der Waals surface area contributed by atoms with Crippen molar-refractivity contribution in [1.29, 1.82) is 0 Å². The number of hydrogen-bond donors (Lipinski definition) is 1. The van der Waals surface area contributed by atoms with Crippen molar-refractivity contribution in [2.75, 3.05) is 20.2 Å². The van der Waals surface area contributed by atoms with Gasteiger partial charge in [-0.2, -0.15) is 0 Å². The molecule has 88 valence electrons. The van der Waals surface area contributed by atoms with Gasteiger partial charge in [-0.3, -0.25) is 4.90 Å². The maximum Gasteiger partial charge on any atom is 0.213 e. The fourth-order valence-corrected chi connectivity index (χ4v) is 2.03. The van der Waals surface area contributed by atoms with Gasteiger partial charge < -0.3 is 10.5 Å². The van der Waals surface area contributed by atoms with E-state index in [1.54, 1.807) is 13.3 Å². The SMILES string of the molecule is COc1cc(CN2CCC(N)CC2)ccn1. The van der Waals surface area contributed by atoms with Gasteiger partial charge in [0.25, 0.3) is 0 Å². The number of ether oxygens (including phenoxy) is 1. The van der Waals surface area contributed by atoms with Gasteiger partial charge >= 0.3 is 0 Å². The van der Waals surface area contributed by atoms with E-state index in [0.29, 0.717) is 11.9 Å². The topological polar surface area (TPSA) is 51.4 Å². The van der Waals surface area contributed by atoms with E-state index in [-0.39, 0.29) is 0 Å². The van der Waals surface area contributed by atoms with Crippen LogP contribution in [0.3, 0.4) is 0 Å². The van der Waals surface area contributed by atoms with Gasteiger partial charge in [0, 0.05) is 24.8 Å². The summed E-state index contributed by atoms with van der Waals surface area (Å²) in [6, 6.07) is 4.43. The van der Waals surface area contributed by atoms with Crippen LogP contribution in [0.25, 0.3) is 0 Å². The summed E-state index contributed by atoms with van der Waals surface area (Å²) in [5.74, 6) is 0.686. The molecule has 0 aliphatic carbocycles. The molecule has 2 rings (SSSR count). The fourth-order valence-electron chi connectivity index (χ4n) is 2.03. The van der Waals surface area contributed by atoms with E-state index in [9.17, 15) is 0 Å². The Labute approximate surface area is 96.4 Å². The molecule has 1 aromatic heterocycles. The van der Waals surface area contributed by atoms with E-state index in [2.05, 4.69) is 9.88 Å². The first-order valence-corrected chi connectivity index (χ1v) is 5.75. The Morgan fingerprint density at radius 3 is 2.94 bits per heavy atom. The molecular formula is C12H19N3O. The molecule has 4 nitrogen and oxygen atoms in total. The maximum absolute atomic E-state index is 5.88. The van der Waals surface area contributed by atoms with E-state index in [1.165, 1.54) is 5.56 Å². The zero-order valence-corrected chi connectivity index (χ0v) is 9.72. The van der Waals surface area contributed by atoms with E-state index in [1.807, 2.05) is 12.1 Å². The summed E-state index contributed by atoms with van der Waals surface area (Å²) in [5, 5.41) is 0. The molecule has 1 aliphatic heterocycles. The van der Waals surface area contributed by atoms with Gasteiger partial charge in [-0.1, -0.05) is 0 Å². The number of piperidine rings is 1. The van der Waals surface area contributed by atoms with Crippen LogP contribution in [0.5, 0.6) is 5.88 Å². The third-order valence-corrected chi connectivity index (χ3v) is 3.05. The summed E-state index contributed by atoms with van der Waals surface area (Å²) in [6.45, 7) is 3.14. The van der Waals surface area contributed by atoms with E-state index < -0.39 is 0 Å². The highest BCUT2D eigenvalue weighted by Crippen LogP contribution is 2.14. The minimum atomic E-state index is 0.392. The van der Waals surface area contributed by atoms with Crippen molar-refractivity contribution < 1.29 is 4.74 Å². The monoisotopic (exact) mass is 221 g/mol. The summed E-state index contributed by atoms with van der Waals surface area (Å²) in [6.07, 6.45) is 3.99. The smallest absolute Gasteiger partial charge is 0.213 e. The molecule has 1 saturated heterocycles. The van der Waals surface area contributed by atoms with Gasteiger partial charge in [0.1, 0.15) is 0 Å².